The van der Waals surface area contributed by atoms with Gasteiger partial charge in [-0.2, -0.15) is 0 Å². The number of carbonyl (C=O) groups excluding carboxylic acids is 3. The lowest BCUT2D eigenvalue weighted by atomic mass is 10.1. The van der Waals surface area contributed by atoms with Gasteiger partial charge in [-0.1, -0.05) is 12.1 Å². The van der Waals surface area contributed by atoms with E-state index in [1.807, 2.05) is 17.0 Å². The molecule has 25 heavy (non-hydrogen) atoms. The van der Waals surface area contributed by atoms with Crippen molar-refractivity contribution in [1.82, 2.24) is 9.80 Å². The summed E-state index contributed by atoms with van der Waals surface area (Å²) in [5, 5.41) is 11.8. The van der Waals surface area contributed by atoms with Gasteiger partial charge in [0.15, 0.2) is 0 Å². The Morgan fingerprint density at radius 2 is 1.80 bits per heavy atom. The van der Waals surface area contributed by atoms with Crippen molar-refractivity contribution in [3.05, 3.63) is 41.6 Å². The van der Waals surface area contributed by atoms with Crippen LogP contribution in [-0.4, -0.2) is 58.9 Å². The summed E-state index contributed by atoms with van der Waals surface area (Å²) >= 11 is 0. The average molecular weight is 343 g/mol. The fourth-order valence-electron chi connectivity index (χ4n) is 3.02. The average Bonchev–Trinajstić information content (AvgIpc) is 3.22. The van der Waals surface area contributed by atoms with E-state index in [4.69, 9.17) is 5.11 Å². The molecule has 7 nitrogen and oxygen atoms in total. The highest BCUT2D eigenvalue weighted by Gasteiger charge is 2.30. The van der Waals surface area contributed by atoms with E-state index in [2.05, 4.69) is 5.32 Å². The second-order valence-corrected chi connectivity index (χ2v) is 6.16. The normalized spacial score (nSPS) is 17.2. The Morgan fingerprint density at radius 1 is 1.12 bits per heavy atom. The zero-order chi connectivity index (χ0) is 17.8. The van der Waals surface area contributed by atoms with Crippen LogP contribution in [0.5, 0.6) is 0 Å². The van der Waals surface area contributed by atoms with Crippen molar-refractivity contribution in [2.75, 3.05) is 31.6 Å². The molecule has 0 spiro atoms. The summed E-state index contributed by atoms with van der Waals surface area (Å²) in [6.45, 7) is 1.40. The molecule has 3 amide bonds. The Labute approximate surface area is 145 Å². The van der Waals surface area contributed by atoms with E-state index in [1.165, 1.54) is 6.08 Å². The highest BCUT2D eigenvalue weighted by Crippen LogP contribution is 2.18. The number of imide groups is 1. The first-order valence-electron chi connectivity index (χ1n) is 8.40. The summed E-state index contributed by atoms with van der Waals surface area (Å²) in [7, 11) is 0. The smallest absolute Gasteiger partial charge is 0.277 e. The minimum atomic E-state index is -0.452. The molecule has 1 aromatic rings. The lowest BCUT2D eigenvalue weighted by Crippen LogP contribution is -2.34. The van der Waals surface area contributed by atoms with Gasteiger partial charge in [-0.05, 0) is 30.5 Å². The van der Waals surface area contributed by atoms with Crippen molar-refractivity contribution < 1.29 is 19.5 Å². The lowest BCUT2D eigenvalue weighted by Gasteiger charge is -2.15. The number of nitrogens with one attached hydrogen (secondary N) is 1. The second-order valence-electron chi connectivity index (χ2n) is 6.16. The molecule has 2 heterocycles. The van der Waals surface area contributed by atoms with Crippen molar-refractivity contribution in [3.63, 3.8) is 0 Å². The van der Waals surface area contributed by atoms with E-state index in [0.717, 1.165) is 36.4 Å². The van der Waals surface area contributed by atoms with Gasteiger partial charge < -0.3 is 15.3 Å². The minimum absolute atomic E-state index is 0.0170. The van der Waals surface area contributed by atoms with Gasteiger partial charge in [0, 0.05) is 24.9 Å². The molecule has 2 aliphatic heterocycles. The maximum Gasteiger partial charge on any atom is 0.277 e. The first kappa shape index (κ1) is 17.2. The molecule has 1 aromatic carbocycles. The monoisotopic (exact) mass is 343 g/mol. The quantitative estimate of drug-likeness (QED) is 0.735. The molecule has 0 atom stereocenters. The standard InChI is InChI=1S/C18H21N3O4/c22-10-9-21-17(24)12-15(18(21)25)19-14-5-3-13(4-6-14)11-16(23)20-7-1-2-8-20/h3-6,12,19,22H,1-2,7-11H2. The van der Waals surface area contributed by atoms with Crippen LogP contribution >= 0.6 is 0 Å². The number of rotatable bonds is 6. The molecule has 1 saturated heterocycles. The van der Waals surface area contributed by atoms with Gasteiger partial charge in [-0.25, -0.2) is 0 Å². The maximum atomic E-state index is 12.1. The second kappa shape index (κ2) is 7.48. The topological polar surface area (TPSA) is 90.0 Å². The minimum Gasteiger partial charge on any atom is -0.395 e. The maximum absolute atomic E-state index is 12.1. The van der Waals surface area contributed by atoms with E-state index in [9.17, 15) is 14.4 Å². The number of hydrogen-bond acceptors (Lipinski definition) is 5. The Hall–Kier alpha value is -2.67. The van der Waals surface area contributed by atoms with E-state index in [1.54, 1.807) is 12.1 Å². The fraction of sp³-hybridized carbons (Fsp3) is 0.389. The third-order valence-electron chi connectivity index (χ3n) is 4.38. The molecule has 3 rings (SSSR count). The number of amides is 3. The largest absolute Gasteiger partial charge is 0.395 e. The molecule has 1 fully saturated rings. The van der Waals surface area contributed by atoms with Crippen LogP contribution < -0.4 is 5.32 Å². The van der Waals surface area contributed by atoms with Gasteiger partial charge in [0.2, 0.25) is 5.91 Å². The number of aliphatic hydroxyl groups excluding tert-OH is 1. The van der Waals surface area contributed by atoms with Gasteiger partial charge in [-0.15, -0.1) is 0 Å². The third kappa shape index (κ3) is 3.88. The molecule has 0 saturated carbocycles. The fourth-order valence-corrected chi connectivity index (χ4v) is 3.02. The highest BCUT2D eigenvalue weighted by atomic mass is 16.3. The van der Waals surface area contributed by atoms with Gasteiger partial charge in [0.1, 0.15) is 5.70 Å². The Balaban J connectivity index is 1.59. The van der Waals surface area contributed by atoms with E-state index in [0.29, 0.717) is 12.1 Å². The molecule has 0 radical (unpaired) electrons. The molecule has 0 unspecified atom stereocenters. The summed E-state index contributed by atoms with van der Waals surface area (Å²) in [4.78, 5) is 38.8. The molecular formula is C18H21N3O4. The van der Waals surface area contributed by atoms with Crippen LogP contribution in [0, 0.1) is 0 Å². The number of nitrogens with zero attached hydrogens (tertiary/aromatic N) is 2. The third-order valence-corrected chi connectivity index (χ3v) is 4.38. The molecule has 2 N–H and O–H groups in total. The summed E-state index contributed by atoms with van der Waals surface area (Å²) in [5.41, 5.74) is 1.75. The summed E-state index contributed by atoms with van der Waals surface area (Å²) in [6.07, 6.45) is 3.74. The van der Waals surface area contributed by atoms with Gasteiger partial charge in [0.05, 0.1) is 19.6 Å². The molecule has 7 heteroatoms. The Morgan fingerprint density at radius 3 is 2.44 bits per heavy atom. The van der Waals surface area contributed by atoms with Gasteiger partial charge in [0.25, 0.3) is 11.8 Å². The first-order chi connectivity index (χ1) is 12.1. The number of benzene rings is 1. The van der Waals surface area contributed by atoms with Crippen LogP contribution in [0.1, 0.15) is 18.4 Å². The Bertz CT molecular complexity index is 706. The van der Waals surface area contributed by atoms with Crippen LogP contribution in [0.15, 0.2) is 36.0 Å². The Kier molecular flexibility index (Phi) is 5.14. The molecule has 0 aliphatic carbocycles. The molecule has 132 valence electrons. The zero-order valence-corrected chi connectivity index (χ0v) is 13.9. The lowest BCUT2D eigenvalue weighted by molar-refractivity contribution is -0.137. The number of aliphatic hydroxyl groups is 1. The summed E-state index contributed by atoms with van der Waals surface area (Å²) < 4.78 is 0. The predicted octanol–water partition coefficient (Wildman–Crippen LogP) is 0.508. The van der Waals surface area contributed by atoms with Crippen molar-refractivity contribution in [3.8, 4) is 0 Å². The number of likely N-dealkylation sites (tertiary alicyclic amines) is 1. The number of β-amino-alcohol motifs (C(OH)–C–C–N with tert-alkyl or cyclic N) is 1. The van der Waals surface area contributed by atoms with Crippen LogP contribution in [-0.2, 0) is 20.8 Å². The number of hydrogen-bond donors (Lipinski definition) is 2. The molecular weight excluding hydrogens is 322 g/mol. The first-order valence-corrected chi connectivity index (χ1v) is 8.40. The number of anilines is 1. The molecule has 2 aliphatic rings. The number of carbonyl (C=O) groups is 3. The zero-order valence-electron chi connectivity index (χ0n) is 13.9. The van der Waals surface area contributed by atoms with E-state index >= 15 is 0 Å². The molecule has 0 bridgehead atoms. The van der Waals surface area contributed by atoms with Gasteiger partial charge >= 0.3 is 0 Å². The summed E-state index contributed by atoms with van der Waals surface area (Å²) in [5.74, 6) is -0.751. The van der Waals surface area contributed by atoms with Crippen LogP contribution in [0.3, 0.4) is 0 Å². The van der Waals surface area contributed by atoms with E-state index in [-0.39, 0.29) is 24.8 Å². The van der Waals surface area contributed by atoms with Crippen molar-refractivity contribution in [1.29, 1.82) is 0 Å². The molecule has 0 aromatic heterocycles. The van der Waals surface area contributed by atoms with Crippen molar-refractivity contribution in [2.45, 2.75) is 19.3 Å². The van der Waals surface area contributed by atoms with Gasteiger partial charge in [-0.3, -0.25) is 19.3 Å². The highest BCUT2D eigenvalue weighted by molar-refractivity contribution is 6.17. The van der Waals surface area contributed by atoms with Crippen LogP contribution in [0.4, 0.5) is 5.69 Å². The SMILES string of the molecule is O=C(Cc1ccc(NC2=CC(=O)N(CCO)C2=O)cc1)N1CCCC1. The van der Waals surface area contributed by atoms with E-state index < -0.39 is 11.8 Å². The summed E-state index contributed by atoms with van der Waals surface area (Å²) in [6, 6.07) is 7.23. The van der Waals surface area contributed by atoms with Crippen molar-refractivity contribution >= 4 is 23.4 Å². The van der Waals surface area contributed by atoms with Crippen molar-refractivity contribution in [2.24, 2.45) is 0 Å². The predicted molar refractivity (Wildman–Crippen MR) is 91.5 cm³/mol. The van der Waals surface area contributed by atoms with Crippen LogP contribution in [0.2, 0.25) is 0 Å². The van der Waals surface area contributed by atoms with Crippen LogP contribution in [0.25, 0.3) is 0 Å².